The topological polar surface area (TPSA) is 88.4 Å². The van der Waals surface area contributed by atoms with Crippen molar-refractivity contribution in [3.63, 3.8) is 0 Å². The number of carbonyl (C=O) groups is 1. The van der Waals surface area contributed by atoms with Gasteiger partial charge in [0, 0.05) is 42.3 Å². The van der Waals surface area contributed by atoms with Crippen molar-refractivity contribution >= 4 is 28.7 Å². The molecule has 0 saturated carbocycles. The van der Waals surface area contributed by atoms with E-state index in [9.17, 15) is 14.9 Å². The number of anilines is 1. The number of carbonyl (C=O) groups excluding carboxylic acids is 1. The van der Waals surface area contributed by atoms with Gasteiger partial charge in [-0.1, -0.05) is 0 Å². The standard InChI is InChI=1S/C15H16N4O3S/c20-15(11-5-9-23-10-11)17-12-3-7-18(8-4-12)14-13(19(21)22)2-1-6-16-14/h1-2,5-6,9-10,12H,3-4,7-8H2,(H,17,20). The Morgan fingerprint density at radius 1 is 1.39 bits per heavy atom. The quantitative estimate of drug-likeness (QED) is 0.686. The molecule has 7 nitrogen and oxygen atoms in total. The summed E-state index contributed by atoms with van der Waals surface area (Å²) in [5.41, 5.74) is 0.700. The fourth-order valence-corrected chi connectivity index (χ4v) is 3.31. The van der Waals surface area contributed by atoms with Gasteiger partial charge in [-0.2, -0.15) is 11.3 Å². The normalized spacial score (nSPS) is 15.4. The number of hydrogen-bond donors (Lipinski definition) is 1. The predicted molar refractivity (Wildman–Crippen MR) is 87.9 cm³/mol. The molecule has 120 valence electrons. The molecular weight excluding hydrogens is 316 g/mol. The lowest BCUT2D eigenvalue weighted by molar-refractivity contribution is -0.384. The van der Waals surface area contributed by atoms with Crippen molar-refractivity contribution in [3.05, 3.63) is 50.8 Å². The van der Waals surface area contributed by atoms with Crippen molar-refractivity contribution in [1.82, 2.24) is 10.3 Å². The van der Waals surface area contributed by atoms with Crippen molar-refractivity contribution in [2.45, 2.75) is 18.9 Å². The highest BCUT2D eigenvalue weighted by Crippen LogP contribution is 2.27. The van der Waals surface area contributed by atoms with Crippen LogP contribution in [0.1, 0.15) is 23.2 Å². The molecule has 2 aromatic rings. The van der Waals surface area contributed by atoms with E-state index in [1.54, 1.807) is 18.3 Å². The van der Waals surface area contributed by atoms with Gasteiger partial charge in [-0.3, -0.25) is 14.9 Å². The first-order valence-corrected chi connectivity index (χ1v) is 8.27. The van der Waals surface area contributed by atoms with Crippen molar-refractivity contribution in [3.8, 4) is 0 Å². The number of nitrogens with one attached hydrogen (secondary N) is 1. The van der Waals surface area contributed by atoms with Crippen LogP contribution in [0.5, 0.6) is 0 Å². The van der Waals surface area contributed by atoms with Crippen molar-refractivity contribution in [1.29, 1.82) is 0 Å². The van der Waals surface area contributed by atoms with Crippen molar-refractivity contribution < 1.29 is 9.72 Å². The molecule has 1 aliphatic rings. The van der Waals surface area contributed by atoms with Crippen LogP contribution in [0.15, 0.2) is 35.2 Å². The highest BCUT2D eigenvalue weighted by molar-refractivity contribution is 7.08. The second kappa shape index (κ2) is 6.74. The van der Waals surface area contributed by atoms with Crippen LogP contribution < -0.4 is 10.2 Å². The van der Waals surface area contributed by atoms with E-state index in [2.05, 4.69) is 10.3 Å². The molecule has 0 spiro atoms. The van der Waals surface area contributed by atoms with E-state index in [-0.39, 0.29) is 17.6 Å². The summed E-state index contributed by atoms with van der Waals surface area (Å²) in [5, 5.41) is 17.8. The maximum Gasteiger partial charge on any atom is 0.311 e. The number of nitro groups is 1. The number of aromatic nitrogens is 1. The third-order valence-electron chi connectivity index (χ3n) is 3.88. The molecule has 0 aliphatic carbocycles. The molecule has 0 radical (unpaired) electrons. The third-order valence-corrected chi connectivity index (χ3v) is 4.56. The summed E-state index contributed by atoms with van der Waals surface area (Å²) < 4.78 is 0. The number of thiophene rings is 1. The van der Waals surface area contributed by atoms with Gasteiger partial charge in [-0.15, -0.1) is 0 Å². The fourth-order valence-electron chi connectivity index (χ4n) is 2.67. The Morgan fingerprint density at radius 3 is 2.83 bits per heavy atom. The lowest BCUT2D eigenvalue weighted by Gasteiger charge is -2.32. The monoisotopic (exact) mass is 332 g/mol. The SMILES string of the molecule is O=C(NC1CCN(c2ncccc2[N+](=O)[O-])CC1)c1ccsc1. The molecule has 2 aromatic heterocycles. The van der Waals surface area contributed by atoms with Gasteiger partial charge in [-0.05, 0) is 30.4 Å². The summed E-state index contributed by atoms with van der Waals surface area (Å²) in [5.74, 6) is 0.341. The van der Waals surface area contributed by atoms with E-state index in [0.717, 1.165) is 12.8 Å². The van der Waals surface area contributed by atoms with Crippen LogP contribution >= 0.6 is 11.3 Å². The molecule has 0 unspecified atom stereocenters. The second-order valence-corrected chi connectivity index (χ2v) is 6.13. The highest BCUT2D eigenvalue weighted by Gasteiger charge is 2.26. The molecule has 0 atom stereocenters. The Balaban J connectivity index is 1.61. The molecule has 0 bridgehead atoms. The summed E-state index contributed by atoms with van der Waals surface area (Å²) in [6.07, 6.45) is 3.04. The molecule has 1 aliphatic heterocycles. The van der Waals surface area contributed by atoms with Gasteiger partial charge in [0.2, 0.25) is 5.82 Å². The van der Waals surface area contributed by atoms with Gasteiger partial charge in [0.1, 0.15) is 0 Å². The van der Waals surface area contributed by atoms with Crippen LogP contribution in [-0.4, -0.2) is 34.9 Å². The first-order chi connectivity index (χ1) is 11.1. The van der Waals surface area contributed by atoms with E-state index in [0.29, 0.717) is 24.5 Å². The number of rotatable bonds is 4. The molecule has 3 rings (SSSR count). The van der Waals surface area contributed by atoms with Crippen LogP contribution in [0.2, 0.25) is 0 Å². The maximum atomic E-state index is 12.0. The molecular formula is C15H16N4O3S. The van der Waals surface area contributed by atoms with Gasteiger partial charge in [0.15, 0.2) is 0 Å². The summed E-state index contributed by atoms with van der Waals surface area (Å²) >= 11 is 1.49. The van der Waals surface area contributed by atoms with Crippen molar-refractivity contribution in [2.75, 3.05) is 18.0 Å². The Labute approximate surface area is 137 Å². The highest BCUT2D eigenvalue weighted by atomic mass is 32.1. The summed E-state index contributed by atoms with van der Waals surface area (Å²) in [6.45, 7) is 1.26. The largest absolute Gasteiger partial charge is 0.351 e. The first-order valence-electron chi connectivity index (χ1n) is 7.32. The van der Waals surface area contributed by atoms with Crippen LogP contribution in [0.3, 0.4) is 0 Å². The van der Waals surface area contributed by atoms with Gasteiger partial charge >= 0.3 is 5.69 Å². The summed E-state index contributed by atoms with van der Waals surface area (Å²) in [6, 6.07) is 4.91. The number of hydrogen-bond acceptors (Lipinski definition) is 6. The first kappa shape index (κ1) is 15.4. The van der Waals surface area contributed by atoms with E-state index in [1.165, 1.54) is 17.4 Å². The lowest BCUT2D eigenvalue weighted by atomic mass is 10.0. The minimum absolute atomic E-state index is 0.0215. The van der Waals surface area contributed by atoms with Crippen LogP contribution in [0.4, 0.5) is 11.5 Å². The van der Waals surface area contributed by atoms with E-state index >= 15 is 0 Å². The predicted octanol–water partition coefficient (Wildman–Crippen LogP) is 2.45. The molecule has 8 heteroatoms. The van der Waals surface area contributed by atoms with Crippen LogP contribution in [0.25, 0.3) is 0 Å². The number of amides is 1. The average molecular weight is 332 g/mol. The van der Waals surface area contributed by atoms with E-state index < -0.39 is 4.92 Å². The van der Waals surface area contributed by atoms with Gasteiger partial charge < -0.3 is 10.2 Å². The van der Waals surface area contributed by atoms with Crippen LogP contribution in [-0.2, 0) is 0 Å². The maximum absolute atomic E-state index is 12.0. The Hall–Kier alpha value is -2.48. The molecule has 1 N–H and O–H groups in total. The van der Waals surface area contributed by atoms with Crippen LogP contribution in [0, 0.1) is 10.1 Å². The van der Waals surface area contributed by atoms with Gasteiger partial charge in [0.05, 0.1) is 4.92 Å². The molecule has 1 saturated heterocycles. The zero-order valence-corrected chi connectivity index (χ0v) is 13.2. The molecule has 1 fully saturated rings. The Bertz CT molecular complexity index is 697. The average Bonchev–Trinajstić information content (AvgIpc) is 3.10. The van der Waals surface area contributed by atoms with E-state index in [1.807, 2.05) is 15.7 Å². The van der Waals surface area contributed by atoms with Gasteiger partial charge in [0.25, 0.3) is 5.91 Å². The zero-order chi connectivity index (χ0) is 16.2. The fraction of sp³-hybridized carbons (Fsp3) is 0.333. The molecule has 1 amide bonds. The Morgan fingerprint density at radius 2 is 2.17 bits per heavy atom. The number of pyridine rings is 1. The summed E-state index contributed by atoms with van der Waals surface area (Å²) in [7, 11) is 0. The molecule has 23 heavy (non-hydrogen) atoms. The Kier molecular flexibility index (Phi) is 4.52. The smallest absolute Gasteiger partial charge is 0.311 e. The van der Waals surface area contributed by atoms with Gasteiger partial charge in [-0.25, -0.2) is 4.98 Å². The number of piperidine rings is 1. The zero-order valence-electron chi connectivity index (χ0n) is 12.3. The van der Waals surface area contributed by atoms with Crippen molar-refractivity contribution in [2.24, 2.45) is 0 Å². The minimum atomic E-state index is -0.410. The molecule has 0 aromatic carbocycles. The third kappa shape index (κ3) is 3.48. The van der Waals surface area contributed by atoms with E-state index in [4.69, 9.17) is 0 Å². The number of nitrogens with zero attached hydrogens (tertiary/aromatic N) is 3. The summed E-state index contributed by atoms with van der Waals surface area (Å²) in [4.78, 5) is 28.8. The molecule has 3 heterocycles. The lowest BCUT2D eigenvalue weighted by Crippen LogP contribution is -2.45. The minimum Gasteiger partial charge on any atom is -0.351 e. The second-order valence-electron chi connectivity index (χ2n) is 5.35.